The summed E-state index contributed by atoms with van der Waals surface area (Å²) in [6.45, 7) is 4.01. The fourth-order valence-corrected chi connectivity index (χ4v) is 1.74. The van der Waals surface area contributed by atoms with Crippen LogP contribution in [0.3, 0.4) is 0 Å². The van der Waals surface area contributed by atoms with Crippen molar-refractivity contribution in [3.05, 3.63) is 23.4 Å². The smallest absolute Gasteiger partial charge is 0.198 e. The van der Waals surface area contributed by atoms with E-state index in [9.17, 15) is 0 Å². The molecule has 0 spiro atoms. The Hall–Kier alpha value is -1.20. The summed E-state index contributed by atoms with van der Waals surface area (Å²) in [5.74, 6) is 0.733. The lowest BCUT2D eigenvalue weighted by Crippen LogP contribution is -2.26. The van der Waals surface area contributed by atoms with E-state index in [1.54, 1.807) is 19.5 Å². The van der Waals surface area contributed by atoms with Crippen LogP contribution in [0.2, 0.25) is 5.15 Å². The first-order chi connectivity index (χ1) is 7.62. The monoisotopic (exact) mass is 240 g/mol. The summed E-state index contributed by atoms with van der Waals surface area (Å²) in [6.07, 6.45) is 4.20. The highest BCUT2D eigenvalue weighted by Crippen LogP contribution is 2.27. The minimum Gasteiger partial charge on any atom is -0.371 e. The van der Waals surface area contributed by atoms with Gasteiger partial charge in [-0.1, -0.05) is 18.5 Å². The third kappa shape index (κ3) is 1.56. The molecule has 5 nitrogen and oxygen atoms in total. The van der Waals surface area contributed by atoms with Gasteiger partial charge in [0.15, 0.2) is 16.6 Å². The van der Waals surface area contributed by atoms with Gasteiger partial charge in [0.2, 0.25) is 0 Å². The van der Waals surface area contributed by atoms with Crippen molar-refractivity contribution in [2.45, 2.75) is 25.9 Å². The topological polar surface area (TPSA) is 52.3 Å². The van der Waals surface area contributed by atoms with Crippen LogP contribution in [-0.2, 0) is 10.3 Å². The quantitative estimate of drug-likeness (QED) is 0.824. The number of hydrogen-bond acceptors (Lipinski definition) is 4. The third-order valence-electron chi connectivity index (χ3n) is 2.88. The largest absolute Gasteiger partial charge is 0.371 e. The van der Waals surface area contributed by atoms with E-state index >= 15 is 0 Å². The molecule has 0 saturated heterocycles. The molecule has 6 heteroatoms. The zero-order valence-corrected chi connectivity index (χ0v) is 10.2. The normalized spacial score (nSPS) is 15.2. The molecule has 16 heavy (non-hydrogen) atoms. The Morgan fingerprint density at radius 2 is 2.25 bits per heavy atom. The van der Waals surface area contributed by atoms with Gasteiger partial charge in [0.1, 0.15) is 5.60 Å². The van der Waals surface area contributed by atoms with Gasteiger partial charge >= 0.3 is 0 Å². The number of methoxy groups -OCH3 is 1. The second kappa shape index (κ2) is 3.99. The molecule has 2 rings (SSSR count). The van der Waals surface area contributed by atoms with Crippen molar-refractivity contribution in [3.8, 4) is 0 Å². The Kier molecular flexibility index (Phi) is 2.82. The summed E-state index contributed by atoms with van der Waals surface area (Å²) in [6, 6.07) is 0. The Morgan fingerprint density at radius 3 is 2.88 bits per heavy atom. The highest BCUT2D eigenvalue weighted by atomic mass is 35.5. The van der Waals surface area contributed by atoms with Crippen molar-refractivity contribution in [1.82, 2.24) is 19.6 Å². The van der Waals surface area contributed by atoms with Crippen molar-refractivity contribution in [3.63, 3.8) is 0 Å². The molecule has 0 fully saturated rings. The van der Waals surface area contributed by atoms with Crippen LogP contribution >= 0.6 is 11.6 Å². The van der Waals surface area contributed by atoms with Gasteiger partial charge < -0.3 is 4.74 Å². The molecule has 0 radical (unpaired) electrons. The van der Waals surface area contributed by atoms with Gasteiger partial charge in [-0.05, 0) is 13.3 Å². The highest BCUT2D eigenvalue weighted by Gasteiger charge is 2.30. The molecule has 1 unspecified atom stereocenters. The van der Waals surface area contributed by atoms with Gasteiger partial charge in [-0.3, -0.25) is 4.40 Å². The minimum absolute atomic E-state index is 0.343. The molecule has 2 aromatic heterocycles. The maximum Gasteiger partial charge on any atom is 0.198 e. The maximum atomic E-state index is 5.93. The van der Waals surface area contributed by atoms with Crippen molar-refractivity contribution in [2.75, 3.05) is 7.11 Å². The molecule has 0 amide bonds. The maximum absolute atomic E-state index is 5.93. The molecular weight excluding hydrogens is 228 g/mol. The van der Waals surface area contributed by atoms with Crippen LogP contribution in [0, 0.1) is 0 Å². The van der Waals surface area contributed by atoms with Crippen LogP contribution < -0.4 is 0 Å². The molecule has 86 valence electrons. The van der Waals surface area contributed by atoms with Crippen molar-refractivity contribution in [2.24, 2.45) is 0 Å². The van der Waals surface area contributed by atoms with Crippen molar-refractivity contribution < 1.29 is 4.74 Å². The first kappa shape index (κ1) is 11.3. The third-order valence-corrected chi connectivity index (χ3v) is 3.15. The molecule has 0 saturated carbocycles. The summed E-state index contributed by atoms with van der Waals surface area (Å²) in [7, 11) is 1.66. The van der Waals surface area contributed by atoms with Crippen LogP contribution in [0.5, 0.6) is 0 Å². The fraction of sp³-hybridized carbons (Fsp3) is 0.500. The van der Waals surface area contributed by atoms with E-state index in [1.807, 2.05) is 18.2 Å². The van der Waals surface area contributed by atoms with Gasteiger partial charge in [0.05, 0.1) is 0 Å². The number of aromatic nitrogens is 4. The number of fused-ring (bicyclic) bond motifs is 1. The SMILES string of the molecule is CCC(C)(OC)c1nnc2c(Cl)nccn12. The van der Waals surface area contributed by atoms with Crippen LogP contribution in [0.25, 0.3) is 5.65 Å². The van der Waals surface area contributed by atoms with Gasteiger partial charge in [0, 0.05) is 19.5 Å². The average Bonchev–Trinajstić information content (AvgIpc) is 2.74. The van der Waals surface area contributed by atoms with E-state index in [-0.39, 0.29) is 0 Å². The van der Waals surface area contributed by atoms with Crippen LogP contribution in [0.1, 0.15) is 26.1 Å². The number of rotatable bonds is 3. The second-order valence-corrected chi connectivity index (χ2v) is 4.08. The number of ether oxygens (including phenoxy) is 1. The minimum atomic E-state index is -0.468. The molecule has 0 bridgehead atoms. The van der Waals surface area contributed by atoms with E-state index < -0.39 is 5.60 Å². The summed E-state index contributed by atoms with van der Waals surface area (Å²) in [5.41, 5.74) is 0.0836. The zero-order valence-electron chi connectivity index (χ0n) is 9.44. The van der Waals surface area contributed by atoms with Crippen molar-refractivity contribution in [1.29, 1.82) is 0 Å². The second-order valence-electron chi connectivity index (χ2n) is 3.72. The van der Waals surface area contributed by atoms with Gasteiger partial charge in [-0.15, -0.1) is 10.2 Å². The first-order valence-corrected chi connectivity index (χ1v) is 5.41. The Morgan fingerprint density at radius 1 is 1.50 bits per heavy atom. The molecule has 2 heterocycles. The predicted molar refractivity (Wildman–Crippen MR) is 60.4 cm³/mol. The summed E-state index contributed by atoms with van der Waals surface area (Å²) in [5, 5.41) is 8.50. The lowest BCUT2D eigenvalue weighted by molar-refractivity contribution is -0.00978. The summed E-state index contributed by atoms with van der Waals surface area (Å²) in [4.78, 5) is 3.96. The number of hydrogen-bond donors (Lipinski definition) is 0. The molecule has 0 aliphatic heterocycles. The summed E-state index contributed by atoms with van der Waals surface area (Å²) < 4.78 is 7.30. The Labute approximate surface area is 98.4 Å². The van der Waals surface area contributed by atoms with Crippen LogP contribution in [0.15, 0.2) is 12.4 Å². The molecular formula is C10H13ClN4O. The fourth-order valence-electron chi connectivity index (χ4n) is 1.55. The predicted octanol–water partition coefficient (Wildman–Crippen LogP) is 2.05. The zero-order chi connectivity index (χ0) is 11.8. The molecule has 1 atom stereocenters. The van der Waals surface area contributed by atoms with E-state index in [1.165, 1.54) is 0 Å². The highest BCUT2D eigenvalue weighted by molar-refractivity contribution is 6.32. The standard InChI is InChI=1S/C10H13ClN4O/c1-4-10(2,16-3)9-14-13-8-7(11)12-5-6-15(8)9/h5-6H,4H2,1-3H3. The van der Waals surface area contributed by atoms with Crippen molar-refractivity contribution >= 4 is 17.2 Å². The van der Waals surface area contributed by atoms with E-state index in [0.717, 1.165) is 12.2 Å². The number of nitrogens with zero attached hydrogens (tertiary/aromatic N) is 4. The molecule has 0 aromatic carbocycles. The average molecular weight is 241 g/mol. The van der Waals surface area contributed by atoms with Gasteiger partial charge in [0.25, 0.3) is 0 Å². The molecule has 0 N–H and O–H groups in total. The van der Waals surface area contributed by atoms with E-state index in [4.69, 9.17) is 16.3 Å². The summed E-state index contributed by atoms with van der Waals surface area (Å²) >= 11 is 5.93. The molecule has 0 aliphatic carbocycles. The first-order valence-electron chi connectivity index (χ1n) is 5.03. The van der Waals surface area contributed by atoms with Gasteiger partial charge in [-0.25, -0.2) is 4.98 Å². The lowest BCUT2D eigenvalue weighted by atomic mass is 10.0. The number of halogens is 1. The Balaban J connectivity index is 2.66. The van der Waals surface area contributed by atoms with E-state index in [0.29, 0.717) is 10.8 Å². The van der Waals surface area contributed by atoms with Gasteiger partial charge in [-0.2, -0.15) is 0 Å². The molecule has 2 aromatic rings. The lowest BCUT2D eigenvalue weighted by Gasteiger charge is -2.24. The van der Waals surface area contributed by atoms with E-state index in [2.05, 4.69) is 15.2 Å². The van der Waals surface area contributed by atoms with Crippen LogP contribution in [-0.4, -0.2) is 26.7 Å². The van der Waals surface area contributed by atoms with Crippen LogP contribution in [0.4, 0.5) is 0 Å². The molecule has 0 aliphatic rings. The Bertz CT molecular complexity index is 506.